The van der Waals surface area contributed by atoms with Crippen LogP contribution in [-0.4, -0.2) is 78.5 Å². The van der Waals surface area contributed by atoms with Crippen LogP contribution in [0.3, 0.4) is 0 Å². The van der Waals surface area contributed by atoms with Crippen molar-refractivity contribution in [1.82, 2.24) is 20.1 Å². The summed E-state index contributed by atoms with van der Waals surface area (Å²) in [6.45, 7) is 9.07. The Labute approximate surface area is 188 Å². The van der Waals surface area contributed by atoms with Crippen LogP contribution in [0.25, 0.3) is 10.9 Å². The third-order valence-electron chi connectivity index (χ3n) is 6.02. The van der Waals surface area contributed by atoms with E-state index in [1.54, 1.807) is 0 Å². The number of rotatable bonds is 7. The fraction of sp³-hybridized carbons (Fsp3) is 0.565. The number of aryl methyl sites for hydroxylation is 1. The molecular formula is C23H32N4O3S. The molecule has 1 atom stereocenters. The summed E-state index contributed by atoms with van der Waals surface area (Å²) in [5, 5.41) is 5.08. The molecule has 0 spiro atoms. The fourth-order valence-electron chi connectivity index (χ4n) is 4.14. The van der Waals surface area contributed by atoms with Crippen LogP contribution in [0.15, 0.2) is 29.1 Å². The minimum Gasteiger partial charge on any atom is -0.379 e. The number of pyridine rings is 1. The zero-order valence-corrected chi connectivity index (χ0v) is 19.0. The van der Waals surface area contributed by atoms with Gasteiger partial charge >= 0.3 is 0 Å². The van der Waals surface area contributed by atoms with E-state index in [4.69, 9.17) is 21.7 Å². The number of aromatic amines is 1. The van der Waals surface area contributed by atoms with Crippen molar-refractivity contribution in [2.45, 2.75) is 32.4 Å². The first-order chi connectivity index (χ1) is 15.1. The number of fused-ring (bicyclic) bond motifs is 1. The number of hydrogen-bond acceptors (Lipinski definition) is 5. The Hall–Kier alpha value is -2.00. The van der Waals surface area contributed by atoms with Gasteiger partial charge < -0.3 is 24.7 Å². The maximum atomic E-state index is 12.8. The zero-order chi connectivity index (χ0) is 21.6. The molecule has 0 radical (unpaired) electrons. The van der Waals surface area contributed by atoms with Crippen LogP contribution in [-0.2, 0) is 16.0 Å². The number of nitrogens with zero attached hydrogens (tertiary/aromatic N) is 2. The van der Waals surface area contributed by atoms with Crippen molar-refractivity contribution in [3.8, 4) is 0 Å². The molecule has 0 amide bonds. The second kappa shape index (κ2) is 10.5. The van der Waals surface area contributed by atoms with E-state index in [0.717, 1.165) is 80.9 Å². The molecule has 1 aromatic carbocycles. The highest BCUT2D eigenvalue weighted by Crippen LogP contribution is 2.15. The van der Waals surface area contributed by atoms with Gasteiger partial charge in [-0.25, -0.2) is 0 Å². The molecule has 0 saturated carbocycles. The van der Waals surface area contributed by atoms with Crippen LogP contribution in [0.1, 0.15) is 24.0 Å². The lowest BCUT2D eigenvalue weighted by Crippen LogP contribution is -2.47. The first-order valence-corrected chi connectivity index (χ1v) is 11.6. The lowest BCUT2D eigenvalue weighted by Gasteiger charge is -2.31. The third-order valence-corrected chi connectivity index (χ3v) is 6.42. The molecule has 3 heterocycles. The summed E-state index contributed by atoms with van der Waals surface area (Å²) in [4.78, 5) is 20.3. The van der Waals surface area contributed by atoms with Gasteiger partial charge in [0.05, 0.1) is 25.9 Å². The number of hydrogen-bond donors (Lipinski definition) is 2. The first-order valence-electron chi connectivity index (χ1n) is 11.2. The quantitative estimate of drug-likeness (QED) is 0.633. The Morgan fingerprint density at radius 3 is 2.90 bits per heavy atom. The summed E-state index contributed by atoms with van der Waals surface area (Å²) >= 11 is 5.74. The van der Waals surface area contributed by atoms with Crippen LogP contribution in [0.5, 0.6) is 0 Å². The van der Waals surface area contributed by atoms with Crippen molar-refractivity contribution in [1.29, 1.82) is 0 Å². The molecule has 7 nitrogen and oxygen atoms in total. The molecule has 2 N–H and O–H groups in total. The number of H-pyrrole nitrogens is 1. The number of aromatic nitrogens is 1. The monoisotopic (exact) mass is 444 g/mol. The molecule has 2 saturated heterocycles. The average molecular weight is 445 g/mol. The fourth-order valence-corrected chi connectivity index (χ4v) is 4.38. The van der Waals surface area contributed by atoms with E-state index in [0.29, 0.717) is 18.2 Å². The Kier molecular flexibility index (Phi) is 7.55. The smallest absolute Gasteiger partial charge is 0.253 e. The van der Waals surface area contributed by atoms with Crippen LogP contribution in [0.2, 0.25) is 0 Å². The molecule has 4 rings (SSSR count). The minimum atomic E-state index is -0.0589. The summed E-state index contributed by atoms with van der Waals surface area (Å²) in [5.41, 5.74) is 2.66. The molecule has 2 aromatic rings. The Morgan fingerprint density at radius 2 is 2.13 bits per heavy atom. The standard InChI is InChI=1S/C23H32N4O3S/c1-17-4-5-18-14-19(22(28)25-21(18)13-17)16-27(7-6-26-8-11-29-12-9-26)23(31)24-15-20-3-2-10-30-20/h4-5,13-14,20H,2-3,6-12,15-16H2,1H3,(H,24,31)(H,25,28)/t20-/m1/s1. The highest BCUT2D eigenvalue weighted by atomic mass is 32.1. The lowest BCUT2D eigenvalue weighted by molar-refractivity contribution is 0.0356. The number of thiocarbonyl (C=S) groups is 1. The first kappa shape index (κ1) is 22.2. The highest BCUT2D eigenvalue weighted by Gasteiger charge is 2.19. The van der Waals surface area contributed by atoms with E-state index < -0.39 is 0 Å². The van der Waals surface area contributed by atoms with Gasteiger partial charge in [0.15, 0.2) is 5.11 Å². The second-order valence-electron chi connectivity index (χ2n) is 8.41. The summed E-state index contributed by atoms with van der Waals surface area (Å²) < 4.78 is 11.2. The topological polar surface area (TPSA) is 69.8 Å². The molecule has 0 aliphatic carbocycles. The van der Waals surface area contributed by atoms with Gasteiger partial charge in [0.1, 0.15) is 0 Å². The molecule has 31 heavy (non-hydrogen) atoms. The van der Waals surface area contributed by atoms with Gasteiger partial charge in [0.25, 0.3) is 5.56 Å². The molecule has 1 aromatic heterocycles. The summed E-state index contributed by atoms with van der Waals surface area (Å²) in [6, 6.07) is 8.10. The number of morpholine rings is 1. The van der Waals surface area contributed by atoms with Gasteiger partial charge in [0, 0.05) is 50.4 Å². The molecule has 2 fully saturated rings. The van der Waals surface area contributed by atoms with Gasteiger partial charge in [-0.1, -0.05) is 12.1 Å². The average Bonchev–Trinajstić information content (AvgIpc) is 3.29. The predicted molar refractivity (Wildman–Crippen MR) is 127 cm³/mol. The number of benzene rings is 1. The lowest BCUT2D eigenvalue weighted by atomic mass is 10.1. The van der Waals surface area contributed by atoms with Gasteiger partial charge in [-0.05, 0) is 55.1 Å². The van der Waals surface area contributed by atoms with Gasteiger partial charge in [-0.3, -0.25) is 9.69 Å². The van der Waals surface area contributed by atoms with E-state index in [1.165, 1.54) is 0 Å². The maximum absolute atomic E-state index is 12.8. The molecule has 0 bridgehead atoms. The van der Waals surface area contributed by atoms with Gasteiger partial charge in [-0.15, -0.1) is 0 Å². The SMILES string of the molecule is Cc1ccc2cc(CN(CCN3CCOCC3)C(=S)NC[C@H]3CCCO3)c(=O)[nH]c2c1. The zero-order valence-electron chi connectivity index (χ0n) is 18.2. The largest absolute Gasteiger partial charge is 0.379 e. The molecular weight excluding hydrogens is 412 g/mol. The summed E-state index contributed by atoms with van der Waals surface area (Å²) in [7, 11) is 0. The normalized spacial score (nSPS) is 19.6. The Morgan fingerprint density at radius 1 is 1.29 bits per heavy atom. The molecule has 8 heteroatoms. The summed E-state index contributed by atoms with van der Waals surface area (Å²) in [5.74, 6) is 0. The predicted octanol–water partition coefficient (Wildman–Crippen LogP) is 2.02. The summed E-state index contributed by atoms with van der Waals surface area (Å²) in [6.07, 6.45) is 2.38. The number of ether oxygens (including phenoxy) is 2. The third kappa shape index (κ3) is 6.04. The Balaban J connectivity index is 1.47. The minimum absolute atomic E-state index is 0.0589. The van der Waals surface area contributed by atoms with Gasteiger partial charge in [0.2, 0.25) is 0 Å². The van der Waals surface area contributed by atoms with Crippen molar-refractivity contribution in [2.75, 3.05) is 52.5 Å². The molecule has 168 valence electrons. The molecule has 2 aliphatic heterocycles. The van der Waals surface area contributed by atoms with E-state index in [1.807, 2.05) is 19.1 Å². The molecule has 0 unspecified atom stereocenters. The van der Waals surface area contributed by atoms with Crippen molar-refractivity contribution in [3.05, 3.63) is 45.7 Å². The molecule has 2 aliphatic rings. The second-order valence-corrected chi connectivity index (χ2v) is 8.80. The van der Waals surface area contributed by atoms with Crippen LogP contribution < -0.4 is 10.9 Å². The number of nitrogens with one attached hydrogen (secondary N) is 2. The van der Waals surface area contributed by atoms with Crippen LogP contribution >= 0.6 is 12.2 Å². The maximum Gasteiger partial charge on any atom is 0.253 e. The van der Waals surface area contributed by atoms with Crippen molar-refractivity contribution < 1.29 is 9.47 Å². The van der Waals surface area contributed by atoms with Gasteiger partial charge in [-0.2, -0.15) is 0 Å². The van der Waals surface area contributed by atoms with Crippen LogP contribution in [0.4, 0.5) is 0 Å². The Bertz CT molecular complexity index is 951. The van der Waals surface area contributed by atoms with Crippen molar-refractivity contribution in [3.63, 3.8) is 0 Å². The van der Waals surface area contributed by atoms with E-state index in [-0.39, 0.29) is 11.7 Å². The van der Waals surface area contributed by atoms with Crippen LogP contribution in [0, 0.1) is 6.92 Å². The highest BCUT2D eigenvalue weighted by molar-refractivity contribution is 7.80. The van der Waals surface area contributed by atoms with E-state index >= 15 is 0 Å². The van der Waals surface area contributed by atoms with E-state index in [2.05, 4.69) is 32.2 Å². The van der Waals surface area contributed by atoms with E-state index in [9.17, 15) is 4.79 Å². The van der Waals surface area contributed by atoms with Crippen molar-refractivity contribution >= 4 is 28.2 Å². The van der Waals surface area contributed by atoms with Crippen molar-refractivity contribution in [2.24, 2.45) is 0 Å².